The van der Waals surface area contributed by atoms with Crippen molar-refractivity contribution in [3.05, 3.63) is 29.8 Å². The highest BCUT2D eigenvalue weighted by Gasteiger charge is 2.23. The van der Waals surface area contributed by atoms with E-state index < -0.39 is 0 Å². The molecule has 5 nitrogen and oxygen atoms in total. The van der Waals surface area contributed by atoms with Gasteiger partial charge in [-0.05, 0) is 25.0 Å². The molecule has 0 spiro atoms. The maximum absolute atomic E-state index is 12.2. The van der Waals surface area contributed by atoms with Gasteiger partial charge in [0.2, 0.25) is 5.91 Å². The van der Waals surface area contributed by atoms with E-state index in [9.17, 15) is 9.59 Å². The fraction of sp³-hybridized carbons (Fsp3) is 0.467. The van der Waals surface area contributed by atoms with Gasteiger partial charge in [-0.3, -0.25) is 9.59 Å². The number of likely N-dealkylation sites (tertiary alicyclic amines) is 1. The van der Waals surface area contributed by atoms with E-state index in [1.165, 1.54) is 0 Å². The van der Waals surface area contributed by atoms with Crippen LogP contribution in [0, 0.1) is 0 Å². The van der Waals surface area contributed by atoms with E-state index in [1.54, 1.807) is 26.2 Å². The lowest BCUT2D eigenvalue weighted by Gasteiger charge is -2.31. The number of carbonyl (C=O) groups excluding carboxylic acids is 2. The third-order valence-corrected chi connectivity index (χ3v) is 3.63. The smallest absolute Gasteiger partial charge is 0.255 e. The fourth-order valence-electron chi connectivity index (χ4n) is 2.43. The van der Waals surface area contributed by atoms with Gasteiger partial charge in [0.05, 0.1) is 12.7 Å². The van der Waals surface area contributed by atoms with Crippen molar-refractivity contribution in [2.75, 3.05) is 20.2 Å². The van der Waals surface area contributed by atoms with Gasteiger partial charge in [0, 0.05) is 26.1 Å². The van der Waals surface area contributed by atoms with E-state index in [2.05, 4.69) is 5.32 Å². The van der Waals surface area contributed by atoms with Crippen LogP contribution in [0.4, 0.5) is 0 Å². The molecular formula is C15H20N2O3. The molecule has 0 bridgehead atoms. The summed E-state index contributed by atoms with van der Waals surface area (Å²) in [5.41, 5.74) is 0.545. The lowest BCUT2D eigenvalue weighted by Crippen LogP contribution is -2.46. The molecule has 1 aliphatic rings. The van der Waals surface area contributed by atoms with Crippen molar-refractivity contribution >= 4 is 11.8 Å². The summed E-state index contributed by atoms with van der Waals surface area (Å²) in [4.78, 5) is 25.3. The van der Waals surface area contributed by atoms with Gasteiger partial charge in [-0.15, -0.1) is 0 Å². The average molecular weight is 276 g/mol. The molecule has 1 saturated heterocycles. The molecule has 2 rings (SSSR count). The van der Waals surface area contributed by atoms with Crippen LogP contribution in [0.5, 0.6) is 5.75 Å². The third-order valence-electron chi connectivity index (χ3n) is 3.63. The number of nitrogens with one attached hydrogen (secondary N) is 1. The van der Waals surface area contributed by atoms with Gasteiger partial charge >= 0.3 is 0 Å². The van der Waals surface area contributed by atoms with Gasteiger partial charge < -0.3 is 15.0 Å². The predicted octanol–water partition coefficient (Wildman–Crippen LogP) is 1.44. The van der Waals surface area contributed by atoms with E-state index in [-0.39, 0.29) is 17.9 Å². The molecule has 1 fully saturated rings. The fourth-order valence-corrected chi connectivity index (χ4v) is 2.43. The van der Waals surface area contributed by atoms with Crippen molar-refractivity contribution in [1.82, 2.24) is 10.2 Å². The zero-order chi connectivity index (χ0) is 14.5. The Morgan fingerprint density at radius 2 is 1.90 bits per heavy atom. The number of benzene rings is 1. The third kappa shape index (κ3) is 3.29. The van der Waals surface area contributed by atoms with Crippen LogP contribution in [0.1, 0.15) is 30.1 Å². The second-order valence-electron chi connectivity index (χ2n) is 4.95. The quantitative estimate of drug-likeness (QED) is 0.908. The highest BCUT2D eigenvalue weighted by atomic mass is 16.5. The van der Waals surface area contributed by atoms with Gasteiger partial charge in [0.1, 0.15) is 5.75 Å². The largest absolute Gasteiger partial charge is 0.496 e. The topological polar surface area (TPSA) is 58.6 Å². The number of piperidine rings is 1. The number of methoxy groups -OCH3 is 1. The van der Waals surface area contributed by atoms with Crippen molar-refractivity contribution in [1.29, 1.82) is 0 Å². The maximum Gasteiger partial charge on any atom is 0.255 e. The number of hydrogen-bond donors (Lipinski definition) is 1. The number of carbonyl (C=O) groups is 2. The lowest BCUT2D eigenvalue weighted by molar-refractivity contribution is -0.129. The maximum atomic E-state index is 12.2. The summed E-state index contributed by atoms with van der Waals surface area (Å²) in [6.07, 6.45) is 1.58. The molecule has 5 heteroatoms. The van der Waals surface area contributed by atoms with Crippen LogP contribution < -0.4 is 10.1 Å². The van der Waals surface area contributed by atoms with Crippen LogP contribution >= 0.6 is 0 Å². The van der Waals surface area contributed by atoms with Crippen LogP contribution in [0.25, 0.3) is 0 Å². The molecule has 1 N–H and O–H groups in total. The number of nitrogens with zero attached hydrogens (tertiary/aromatic N) is 1. The average Bonchev–Trinajstić information content (AvgIpc) is 2.47. The molecule has 1 heterocycles. The van der Waals surface area contributed by atoms with Crippen molar-refractivity contribution in [2.45, 2.75) is 25.8 Å². The number of hydrogen-bond acceptors (Lipinski definition) is 3. The monoisotopic (exact) mass is 276 g/mol. The Balaban J connectivity index is 1.94. The van der Waals surface area contributed by atoms with E-state index in [1.807, 2.05) is 17.0 Å². The summed E-state index contributed by atoms with van der Waals surface area (Å²) in [5.74, 6) is 0.550. The molecular weight excluding hydrogens is 256 g/mol. The zero-order valence-corrected chi connectivity index (χ0v) is 11.9. The normalized spacial score (nSPS) is 15.8. The van der Waals surface area contributed by atoms with E-state index >= 15 is 0 Å². The minimum atomic E-state index is -0.122. The van der Waals surface area contributed by atoms with E-state index in [0.717, 1.165) is 12.8 Å². The molecule has 0 atom stereocenters. The van der Waals surface area contributed by atoms with Gasteiger partial charge in [0.25, 0.3) is 5.91 Å². The van der Waals surface area contributed by atoms with Crippen LogP contribution in [-0.2, 0) is 4.79 Å². The Kier molecular flexibility index (Phi) is 4.61. The van der Waals surface area contributed by atoms with Gasteiger partial charge in [-0.25, -0.2) is 0 Å². The van der Waals surface area contributed by atoms with Crippen molar-refractivity contribution in [3.63, 3.8) is 0 Å². The number of ether oxygens (including phenoxy) is 1. The Labute approximate surface area is 118 Å². The second kappa shape index (κ2) is 6.41. The molecule has 0 saturated carbocycles. The second-order valence-corrected chi connectivity index (χ2v) is 4.95. The number of amides is 2. The highest BCUT2D eigenvalue weighted by molar-refractivity contribution is 5.97. The summed E-state index contributed by atoms with van der Waals surface area (Å²) >= 11 is 0. The van der Waals surface area contributed by atoms with E-state index in [4.69, 9.17) is 4.74 Å². The highest BCUT2D eigenvalue weighted by Crippen LogP contribution is 2.18. The van der Waals surface area contributed by atoms with Crippen molar-refractivity contribution in [3.8, 4) is 5.75 Å². The Bertz CT molecular complexity index is 494. The Hall–Kier alpha value is -2.04. The Morgan fingerprint density at radius 1 is 1.25 bits per heavy atom. The first-order valence-corrected chi connectivity index (χ1v) is 6.81. The van der Waals surface area contributed by atoms with Crippen molar-refractivity contribution < 1.29 is 14.3 Å². The first-order chi connectivity index (χ1) is 9.61. The lowest BCUT2D eigenvalue weighted by atomic mass is 10.0. The standard InChI is InChI=1S/C15H20N2O3/c1-11(18)17-9-7-12(8-10-17)16-15(19)13-5-3-4-6-14(13)20-2/h3-6,12H,7-10H2,1-2H3,(H,16,19). The molecule has 0 radical (unpaired) electrons. The summed E-state index contributed by atoms with van der Waals surface area (Å²) < 4.78 is 5.19. The number of rotatable bonds is 3. The van der Waals surface area contributed by atoms with Crippen LogP contribution in [0.3, 0.4) is 0 Å². The minimum Gasteiger partial charge on any atom is -0.496 e. The summed E-state index contributed by atoms with van der Waals surface area (Å²) in [6.45, 7) is 2.98. The minimum absolute atomic E-state index is 0.0968. The van der Waals surface area contributed by atoms with Gasteiger partial charge in [-0.2, -0.15) is 0 Å². The summed E-state index contributed by atoms with van der Waals surface area (Å²) in [5, 5.41) is 3.01. The van der Waals surface area contributed by atoms with Crippen LogP contribution in [-0.4, -0.2) is 43.0 Å². The molecule has 20 heavy (non-hydrogen) atoms. The molecule has 108 valence electrons. The zero-order valence-electron chi connectivity index (χ0n) is 11.9. The van der Waals surface area contributed by atoms with Crippen LogP contribution in [0.15, 0.2) is 24.3 Å². The molecule has 1 aromatic carbocycles. The van der Waals surface area contributed by atoms with E-state index in [0.29, 0.717) is 24.4 Å². The Morgan fingerprint density at radius 3 is 2.50 bits per heavy atom. The van der Waals surface area contributed by atoms with Crippen LogP contribution in [0.2, 0.25) is 0 Å². The first-order valence-electron chi connectivity index (χ1n) is 6.81. The number of para-hydroxylation sites is 1. The summed E-state index contributed by atoms with van der Waals surface area (Å²) in [6, 6.07) is 7.28. The van der Waals surface area contributed by atoms with Crippen molar-refractivity contribution in [2.24, 2.45) is 0 Å². The van der Waals surface area contributed by atoms with Gasteiger partial charge in [-0.1, -0.05) is 12.1 Å². The predicted molar refractivity (Wildman–Crippen MR) is 75.7 cm³/mol. The SMILES string of the molecule is COc1ccccc1C(=O)NC1CCN(C(C)=O)CC1. The summed E-state index contributed by atoms with van der Waals surface area (Å²) in [7, 11) is 1.55. The van der Waals surface area contributed by atoms with Gasteiger partial charge in [0.15, 0.2) is 0 Å². The molecule has 2 amide bonds. The first kappa shape index (κ1) is 14.4. The molecule has 1 aromatic rings. The molecule has 0 aromatic heterocycles. The molecule has 0 unspecified atom stereocenters. The molecule has 1 aliphatic heterocycles. The molecule has 0 aliphatic carbocycles.